The van der Waals surface area contributed by atoms with Crippen LogP contribution in [0.3, 0.4) is 0 Å². The van der Waals surface area contributed by atoms with Crippen LogP contribution in [0.5, 0.6) is 0 Å². The molecule has 216 valence electrons. The first-order valence-corrected chi connectivity index (χ1v) is 12.8. The van der Waals surface area contributed by atoms with Gasteiger partial charge in [-0.05, 0) is 55.1 Å². The average molecular weight is 580 g/mol. The van der Waals surface area contributed by atoms with Crippen molar-refractivity contribution in [3.63, 3.8) is 0 Å². The van der Waals surface area contributed by atoms with Crippen LogP contribution in [-0.2, 0) is 11.3 Å². The first kappa shape index (κ1) is 28.7. The van der Waals surface area contributed by atoms with Crippen molar-refractivity contribution in [3.8, 4) is 11.1 Å². The van der Waals surface area contributed by atoms with E-state index in [9.17, 15) is 18.0 Å². The summed E-state index contributed by atoms with van der Waals surface area (Å²) in [5.41, 5.74) is 6.00. The minimum atomic E-state index is -5.02. The number of quaternary nitrogens is 1. The Hall–Kier alpha value is -4.81. The van der Waals surface area contributed by atoms with Gasteiger partial charge in [0.05, 0.1) is 16.6 Å². The van der Waals surface area contributed by atoms with Crippen molar-refractivity contribution in [1.82, 2.24) is 10.1 Å². The maximum Gasteiger partial charge on any atom is 0.433 e. The summed E-state index contributed by atoms with van der Waals surface area (Å²) in [6.45, 7) is 0.412. The fraction of sp³-hybridized carbons (Fsp3) is 0.167. The van der Waals surface area contributed by atoms with E-state index in [-0.39, 0.29) is 18.1 Å². The molecule has 12 heteroatoms. The Morgan fingerprint density at radius 2 is 1.90 bits per heavy atom. The van der Waals surface area contributed by atoms with Crippen LogP contribution in [0.25, 0.3) is 22.1 Å². The molecule has 0 saturated carbocycles. The summed E-state index contributed by atoms with van der Waals surface area (Å²) in [6, 6.07) is 16.5. The number of halogens is 4. The Morgan fingerprint density at radius 3 is 2.62 bits per heavy atom. The molecule has 0 bridgehead atoms. The van der Waals surface area contributed by atoms with Crippen molar-refractivity contribution in [3.05, 3.63) is 95.5 Å². The minimum Gasteiger partial charge on any atom is -0.380 e. The van der Waals surface area contributed by atoms with Gasteiger partial charge in [-0.2, -0.15) is 13.2 Å². The van der Waals surface area contributed by atoms with Crippen LogP contribution in [0.1, 0.15) is 5.56 Å². The molecule has 0 fully saturated rings. The number of fused-ring (bicyclic) bond motifs is 1. The van der Waals surface area contributed by atoms with Crippen LogP contribution in [0.2, 0.25) is 0 Å². The maximum absolute atomic E-state index is 15.7. The number of allylic oxidation sites excluding steroid dienone is 2. The van der Waals surface area contributed by atoms with E-state index >= 15 is 4.39 Å². The highest BCUT2D eigenvalue weighted by Gasteiger charge is 2.41. The summed E-state index contributed by atoms with van der Waals surface area (Å²) >= 11 is 0. The smallest absolute Gasteiger partial charge is 0.380 e. The lowest BCUT2D eigenvalue weighted by molar-refractivity contribution is -0.511. The predicted octanol–water partition coefficient (Wildman–Crippen LogP) is 4.91. The molecule has 0 saturated heterocycles. The molecule has 2 heterocycles. The van der Waals surface area contributed by atoms with Crippen molar-refractivity contribution in [2.24, 2.45) is 0 Å². The molecule has 5 rings (SSSR count). The Bertz CT molecular complexity index is 1760. The van der Waals surface area contributed by atoms with Gasteiger partial charge in [-0.15, -0.1) is 0 Å². The highest BCUT2D eigenvalue weighted by molar-refractivity contribution is 6.14. The molecule has 3 aromatic carbocycles. The van der Waals surface area contributed by atoms with Crippen molar-refractivity contribution >= 4 is 39.8 Å². The number of amides is 1. The summed E-state index contributed by atoms with van der Waals surface area (Å²) in [5.74, 6) is -1.55. The Balaban J connectivity index is 1.55. The molecule has 5 N–H and O–H groups in total. The van der Waals surface area contributed by atoms with Gasteiger partial charge in [0.1, 0.15) is 17.2 Å². The molecule has 1 aliphatic heterocycles. The number of nitrogen functional groups attached to an aromatic ring is 1. The molecule has 42 heavy (non-hydrogen) atoms. The second-order valence-corrected chi connectivity index (χ2v) is 10.0. The molecule has 1 aromatic heterocycles. The Labute approximate surface area is 238 Å². The van der Waals surface area contributed by atoms with Crippen LogP contribution >= 0.6 is 0 Å². The number of nitrogens with two attached hydrogens (primary N) is 2. The first-order valence-electron chi connectivity index (χ1n) is 12.8. The number of carbonyl (C=O) groups is 1. The van der Waals surface area contributed by atoms with Gasteiger partial charge >= 0.3 is 12.1 Å². The van der Waals surface area contributed by atoms with Crippen LogP contribution in [0.15, 0.2) is 88.6 Å². The van der Waals surface area contributed by atoms with Gasteiger partial charge in [0.25, 0.3) is 0 Å². The number of hydrogen-bond acceptors (Lipinski definition) is 6. The predicted molar refractivity (Wildman–Crippen MR) is 152 cm³/mol. The van der Waals surface area contributed by atoms with Crippen molar-refractivity contribution < 1.29 is 32.2 Å². The number of anilines is 2. The Morgan fingerprint density at radius 1 is 1.14 bits per heavy atom. The fourth-order valence-electron chi connectivity index (χ4n) is 4.83. The molecule has 0 atom stereocenters. The lowest BCUT2D eigenvalue weighted by Crippen LogP contribution is -2.79. The number of aromatic nitrogens is 1. The van der Waals surface area contributed by atoms with E-state index in [1.807, 2.05) is 43.3 Å². The third-order valence-electron chi connectivity index (χ3n) is 6.78. The zero-order valence-electron chi connectivity index (χ0n) is 22.7. The third kappa shape index (κ3) is 5.67. The summed E-state index contributed by atoms with van der Waals surface area (Å²) in [7, 11) is 3.85. The van der Waals surface area contributed by atoms with E-state index in [2.05, 4.69) is 5.16 Å². The number of hydrogen-bond donors (Lipinski definition) is 3. The Kier molecular flexibility index (Phi) is 7.67. The third-order valence-corrected chi connectivity index (χ3v) is 6.78. The van der Waals surface area contributed by atoms with Crippen LogP contribution in [0.4, 0.5) is 34.8 Å². The molecule has 1 aliphatic rings. The second-order valence-electron chi connectivity index (χ2n) is 10.0. The summed E-state index contributed by atoms with van der Waals surface area (Å²) in [4.78, 5) is 16.9. The number of benzene rings is 3. The van der Waals surface area contributed by atoms with E-state index in [1.54, 1.807) is 6.07 Å². The van der Waals surface area contributed by atoms with Crippen molar-refractivity contribution in [1.29, 1.82) is 5.41 Å². The largest absolute Gasteiger partial charge is 0.433 e. The summed E-state index contributed by atoms with van der Waals surface area (Å²) < 4.78 is 61.9. The van der Waals surface area contributed by atoms with E-state index in [4.69, 9.17) is 15.7 Å². The molecule has 1 amide bonds. The van der Waals surface area contributed by atoms with E-state index < -0.39 is 34.9 Å². The topological polar surface area (TPSA) is 116 Å². The highest BCUT2D eigenvalue weighted by atomic mass is 19.4. The number of alkyl halides is 3. The number of nitrogens with zero attached hydrogens (tertiary/aromatic N) is 3. The normalized spacial score (nSPS) is 14.3. The molecule has 0 radical (unpaired) electrons. The van der Waals surface area contributed by atoms with Crippen molar-refractivity contribution in [2.75, 3.05) is 31.3 Å². The number of carbonyl (C=O) groups excluding carboxylic acids is 1. The second kappa shape index (κ2) is 11.2. The van der Waals surface area contributed by atoms with Gasteiger partial charge in [-0.1, -0.05) is 41.6 Å². The lowest BCUT2D eigenvalue weighted by Gasteiger charge is -2.22. The SMILES string of the molecule is CN(C)Cc1ccccc1-c1ccc(N2CC=CC(C(=N)C(F)(F)F)=C([NH2+]c3ccc4onc(N)c4c3)C2=O)c(F)c1. The van der Waals surface area contributed by atoms with Crippen LogP contribution < -0.4 is 16.0 Å². The van der Waals surface area contributed by atoms with E-state index in [0.29, 0.717) is 28.8 Å². The number of nitrogens with one attached hydrogen (secondary N) is 1. The van der Waals surface area contributed by atoms with Crippen LogP contribution in [-0.4, -0.2) is 48.5 Å². The molecule has 0 spiro atoms. The fourth-order valence-corrected chi connectivity index (χ4v) is 4.83. The highest BCUT2D eigenvalue weighted by Crippen LogP contribution is 2.32. The lowest BCUT2D eigenvalue weighted by atomic mass is 9.98. The summed E-state index contributed by atoms with van der Waals surface area (Å²) in [5, 5.41) is 13.1. The molecule has 0 unspecified atom stereocenters. The molecule has 8 nitrogen and oxygen atoms in total. The van der Waals surface area contributed by atoms with E-state index in [0.717, 1.165) is 22.1 Å². The number of rotatable bonds is 7. The minimum absolute atomic E-state index is 0.0699. The van der Waals surface area contributed by atoms with Gasteiger partial charge in [0.15, 0.2) is 11.4 Å². The quantitative estimate of drug-likeness (QED) is 0.164. The van der Waals surface area contributed by atoms with Crippen molar-refractivity contribution in [2.45, 2.75) is 12.7 Å². The maximum atomic E-state index is 15.7. The monoisotopic (exact) mass is 579 g/mol. The summed E-state index contributed by atoms with van der Waals surface area (Å²) in [6.07, 6.45) is -2.66. The zero-order chi connectivity index (χ0) is 30.2. The van der Waals surface area contributed by atoms with Gasteiger partial charge in [0.2, 0.25) is 5.70 Å². The van der Waals surface area contributed by atoms with Gasteiger partial charge in [-0.3, -0.25) is 20.4 Å². The van der Waals surface area contributed by atoms with Gasteiger partial charge < -0.3 is 15.2 Å². The van der Waals surface area contributed by atoms with E-state index in [1.165, 1.54) is 41.7 Å². The molecular weight excluding hydrogens is 552 g/mol. The molecule has 0 aliphatic carbocycles. The van der Waals surface area contributed by atoms with Gasteiger partial charge in [-0.25, -0.2) is 4.39 Å². The first-order chi connectivity index (χ1) is 19.9. The molecular formula is C30H27F4N6O2+. The van der Waals surface area contributed by atoms with Crippen LogP contribution in [0, 0.1) is 11.2 Å². The zero-order valence-corrected chi connectivity index (χ0v) is 22.7. The molecule has 4 aromatic rings. The standard InChI is InChI=1S/C30H26F4N6O2/c1-39(2)16-18-6-3-4-7-20(18)17-9-11-24(23(31)14-17)40-13-5-8-21(27(35)30(32,33)34)26(29(40)41)37-19-10-12-25-22(15-19)28(36)38-42-25/h3-12,14-15,35,37H,13,16H2,1-2H3,(H2,36,38)/p+1. The average Bonchev–Trinajstić information content (AvgIpc) is 3.23. The van der Waals surface area contributed by atoms with Gasteiger partial charge in [0, 0.05) is 25.2 Å².